The lowest BCUT2D eigenvalue weighted by molar-refractivity contribution is -0.144. The Balaban J connectivity index is 2.59. The van der Waals surface area contributed by atoms with Gasteiger partial charge in [0.05, 0.1) is 7.11 Å². The van der Waals surface area contributed by atoms with Crippen molar-refractivity contribution in [2.75, 3.05) is 20.2 Å². The van der Waals surface area contributed by atoms with Gasteiger partial charge in [0.25, 0.3) is 0 Å². The summed E-state index contributed by atoms with van der Waals surface area (Å²) in [6.07, 6.45) is 1.88. The fourth-order valence-electron chi connectivity index (χ4n) is 4.51. The molecule has 9 heteroatoms. The Morgan fingerprint density at radius 1 is 0.976 bits per heavy atom. The Morgan fingerprint density at radius 3 is 2.24 bits per heavy atom. The standard InChI is InChI=1S/C32H45N3O6/c1-8-9-13-18-35(28(29(37)33-21-27(36)40-7)25-17-16-22(2)19-23(25)3)30(38)26(20-24-14-11-10-12-15-24)34-31(39)41-32(4,5)6/h10-12,14-17,19,26,28H,8-9,13,18,20-21H2,1-7H3,(H,33,37)(H,34,39). The minimum absolute atomic E-state index is 0.201. The number of carbonyl (C=O) groups is 4. The van der Waals surface area contributed by atoms with Gasteiger partial charge in [-0.2, -0.15) is 0 Å². The molecule has 2 aromatic carbocycles. The Hall–Kier alpha value is -3.88. The van der Waals surface area contributed by atoms with Crippen LogP contribution in [0.25, 0.3) is 0 Å². The highest BCUT2D eigenvalue weighted by atomic mass is 16.6. The highest BCUT2D eigenvalue weighted by molar-refractivity contribution is 5.93. The van der Waals surface area contributed by atoms with E-state index in [9.17, 15) is 19.2 Å². The summed E-state index contributed by atoms with van der Waals surface area (Å²) in [5.74, 6) is -1.54. The lowest BCUT2D eigenvalue weighted by Crippen LogP contribution is -2.54. The van der Waals surface area contributed by atoms with Crippen LogP contribution < -0.4 is 10.6 Å². The van der Waals surface area contributed by atoms with Crippen molar-refractivity contribution < 1.29 is 28.7 Å². The largest absolute Gasteiger partial charge is 0.468 e. The number of hydrogen-bond acceptors (Lipinski definition) is 6. The molecule has 0 heterocycles. The molecule has 0 bridgehead atoms. The van der Waals surface area contributed by atoms with Crippen LogP contribution in [0.15, 0.2) is 48.5 Å². The van der Waals surface area contributed by atoms with E-state index in [0.29, 0.717) is 12.0 Å². The average molecular weight is 568 g/mol. The van der Waals surface area contributed by atoms with Gasteiger partial charge in [0.15, 0.2) is 0 Å². The molecule has 3 amide bonds. The monoisotopic (exact) mass is 567 g/mol. The molecule has 0 aliphatic carbocycles. The number of aryl methyl sites for hydroxylation is 2. The highest BCUT2D eigenvalue weighted by Crippen LogP contribution is 2.27. The lowest BCUT2D eigenvalue weighted by Gasteiger charge is -2.35. The molecule has 224 valence electrons. The Bertz CT molecular complexity index is 1180. The fraction of sp³-hybridized carbons (Fsp3) is 0.500. The summed E-state index contributed by atoms with van der Waals surface area (Å²) >= 11 is 0. The zero-order chi connectivity index (χ0) is 30.6. The molecule has 41 heavy (non-hydrogen) atoms. The number of esters is 1. The molecular formula is C32H45N3O6. The average Bonchev–Trinajstić information content (AvgIpc) is 2.90. The number of amides is 3. The molecule has 0 radical (unpaired) electrons. The van der Waals surface area contributed by atoms with Crippen LogP contribution in [-0.4, -0.2) is 60.6 Å². The van der Waals surface area contributed by atoms with E-state index in [2.05, 4.69) is 17.6 Å². The van der Waals surface area contributed by atoms with Gasteiger partial charge in [-0.1, -0.05) is 73.9 Å². The molecule has 2 unspecified atom stereocenters. The molecule has 0 aliphatic heterocycles. The maximum Gasteiger partial charge on any atom is 0.408 e. The van der Waals surface area contributed by atoms with Crippen molar-refractivity contribution in [3.05, 3.63) is 70.8 Å². The van der Waals surface area contributed by atoms with E-state index >= 15 is 0 Å². The number of unbranched alkanes of at least 4 members (excludes halogenated alkanes) is 2. The Labute approximate surface area is 244 Å². The van der Waals surface area contributed by atoms with Crippen molar-refractivity contribution in [1.29, 1.82) is 0 Å². The van der Waals surface area contributed by atoms with Crippen molar-refractivity contribution in [3.8, 4) is 0 Å². The van der Waals surface area contributed by atoms with Crippen LogP contribution in [0, 0.1) is 13.8 Å². The molecule has 2 rings (SSSR count). The first-order valence-electron chi connectivity index (χ1n) is 14.1. The molecule has 0 fully saturated rings. The van der Waals surface area contributed by atoms with Gasteiger partial charge in [-0.3, -0.25) is 14.4 Å². The molecule has 9 nitrogen and oxygen atoms in total. The van der Waals surface area contributed by atoms with Crippen molar-refractivity contribution in [3.63, 3.8) is 0 Å². The number of nitrogens with zero attached hydrogens (tertiary/aromatic N) is 1. The predicted molar refractivity (Wildman–Crippen MR) is 158 cm³/mol. The maximum atomic E-state index is 14.4. The lowest BCUT2D eigenvalue weighted by atomic mass is 9.95. The van der Waals surface area contributed by atoms with Gasteiger partial charge in [0.2, 0.25) is 11.8 Å². The topological polar surface area (TPSA) is 114 Å². The quantitative estimate of drug-likeness (QED) is 0.266. The van der Waals surface area contributed by atoms with E-state index in [1.165, 1.54) is 12.0 Å². The molecule has 0 spiro atoms. The Morgan fingerprint density at radius 2 is 1.66 bits per heavy atom. The molecule has 2 N–H and O–H groups in total. The second kappa shape index (κ2) is 15.8. The zero-order valence-corrected chi connectivity index (χ0v) is 25.4. The minimum atomic E-state index is -1.04. The fourth-order valence-corrected chi connectivity index (χ4v) is 4.51. The van der Waals surface area contributed by atoms with E-state index in [4.69, 9.17) is 9.47 Å². The molecule has 0 saturated carbocycles. The smallest absolute Gasteiger partial charge is 0.408 e. The van der Waals surface area contributed by atoms with Gasteiger partial charge in [0, 0.05) is 13.0 Å². The SMILES string of the molecule is CCCCCN(C(=O)C(Cc1ccccc1)NC(=O)OC(C)(C)C)C(C(=O)NCC(=O)OC)c1ccc(C)cc1C. The second-order valence-electron chi connectivity index (χ2n) is 11.2. The summed E-state index contributed by atoms with van der Waals surface area (Å²) in [6, 6.07) is 13.0. The van der Waals surface area contributed by atoms with E-state index in [-0.39, 0.29) is 19.5 Å². The number of methoxy groups -OCH3 is 1. The zero-order valence-electron chi connectivity index (χ0n) is 25.4. The molecule has 0 saturated heterocycles. The number of benzene rings is 2. The first kappa shape index (κ1) is 33.3. The van der Waals surface area contributed by atoms with Crippen LogP contribution >= 0.6 is 0 Å². The van der Waals surface area contributed by atoms with Crippen molar-refractivity contribution >= 4 is 23.9 Å². The summed E-state index contributed by atoms with van der Waals surface area (Å²) in [4.78, 5) is 54.4. The summed E-state index contributed by atoms with van der Waals surface area (Å²) in [5.41, 5.74) is 2.56. The van der Waals surface area contributed by atoms with E-state index in [1.807, 2.05) is 62.4 Å². The summed E-state index contributed by atoms with van der Waals surface area (Å²) in [7, 11) is 1.24. The predicted octanol–water partition coefficient (Wildman–Crippen LogP) is 4.79. The van der Waals surface area contributed by atoms with Crippen molar-refractivity contribution in [2.45, 2.75) is 84.9 Å². The molecule has 0 aliphatic rings. The number of hydrogen-bond donors (Lipinski definition) is 2. The highest BCUT2D eigenvalue weighted by Gasteiger charge is 2.37. The number of alkyl carbamates (subject to hydrolysis) is 1. The van der Waals surface area contributed by atoms with E-state index < -0.39 is 41.6 Å². The molecule has 2 atom stereocenters. The van der Waals surface area contributed by atoms with Gasteiger partial charge in [-0.25, -0.2) is 4.79 Å². The third-order valence-electron chi connectivity index (χ3n) is 6.47. The van der Waals surface area contributed by atoms with Gasteiger partial charge >= 0.3 is 12.1 Å². The van der Waals surface area contributed by atoms with Crippen LogP contribution in [-0.2, 0) is 30.3 Å². The number of carbonyl (C=O) groups excluding carboxylic acids is 4. The van der Waals surface area contributed by atoms with Crippen LogP contribution in [0.5, 0.6) is 0 Å². The van der Waals surface area contributed by atoms with Crippen molar-refractivity contribution in [1.82, 2.24) is 15.5 Å². The van der Waals surface area contributed by atoms with Gasteiger partial charge < -0.3 is 25.0 Å². The number of ether oxygens (including phenoxy) is 2. The second-order valence-corrected chi connectivity index (χ2v) is 11.2. The van der Waals surface area contributed by atoms with Crippen LogP contribution in [0.4, 0.5) is 4.79 Å². The van der Waals surface area contributed by atoms with Crippen LogP contribution in [0.3, 0.4) is 0 Å². The van der Waals surface area contributed by atoms with Crippen molar-refractivity contribution in [2.24, 2.45) is 0 Å². The molecule has 0 aromatic heterocycles. The van der Waals surface area contributed by atoms with Gasteiger partial charge in [0.1, 0.15) is 24.2 Å². The third-order valence-corrected chi connectivity index (χ3v) is 6.47. The summed E-state index contributed by atoms with van der Waals surface area (Å²) in [6.45, 7) is 11.1. The third kappa shape index (κ3) is 10.9. The first-order chi connectivity index (χ1) is 19.4. The number of rotatable bonds is 13. The van der Waals surface area contributed by atoms with Gasteiger partial charge in [-0.15, -0.1) is 0 Å². The molecular weight excluding hydrogens is 522 g/mol. The van der Waals surface area contributed by atoms with E-state index in [1.54, 1.807) is 20.8 Å². The summed E-state index contributed by atoms with van der Waals surface area (Å²) < 4.78 is 10.2. The van der Waals surface area contributed by atoms with Crippen LogP contribution in [0.1, 0.15) is 75.3 Å². The Kier molecular flexibility index (Phi) is 12.8. The van der Waals surface area contributed by atoms with Crippen LogP contribution in [0.2, 0.25) is 0 Å². The number of nitrogens with one attached hydrogen (secondary N) is 2. The van der Waals surface area contributed by atoms with E-state index in [0.717, 1.165) is 29.5 Å². The minimum Gasteiger partial charge on any atom is -0.468 e. The normalized spacial score (nSPS) is 12.6. The first-order valence-corrected chi connectivity index (χ1v) is 14.1. The van der Waals surface area contributed by atoms with Gasteiger partial charge in [-0.05, 0) is 57.7 Å². The maximum absolute atomic E-state index is 14.4. The molecule has 2 aromatic rings. The summed E-state index contributed by atoms with van der Waals surface area (Å²) in [5, 5.41) is 5.40.